The molecule has 0 bridgehead atoms. The third kappa shape index (κ3) is 3.76. The predicted octanol–water partition coefficient (Wildman–Crippen LogP) is 1.93. The first-order valence-corrected chi connectivity index (χ1v) is 10.9. The number of rotatable bonds is 3. The molecule has 0 saturated carbocycles. The third-order valence-electron chi connectivity index (χ3n) is 5.84. The highest BCUT2D eigenvalue weighted by atomic mass is 35.5. The van der Waals surface area contributed by atoms with E-state index in [-0.39, 0.29) is 11.6 Å². The van der Waals surface area contributed by atoms with E-state index in [1.807, 2.05) is 11.0 Å². The van der Waals surface area contributed by atoms with Gasteiger partial charge in [-0.2, -0.15) is 0 Å². The van der Waals surface area contributed by atoms with Crippen LogP contribution >= 0.6 is 23.2 Å². The second-order valence-corrected chi connectivity index (χ2v) is 8.67. The van der Waals surface area contributed by atoms with Crippen LogP contribution < -0.4 is 10.6 Å². The van der Waals surface area contributed by atoms with E-state index in [0.29, 0.717) is 60.7 Å². The average molecular weight is 475 g/mol. The van der Waals surface area contributed by atoms with Crippen molar-refractivity contribution in [3.05, 3.63) is 57.6 Å². The summed E-state index contributed by atoms with van der Waals surface area (Å²) in [5.41, 5.74) is 8.03. The maximum atomic E-state index is 13.3. The molecule has 1 saturated heterocycles. The Labute approximate surface area is 193 Å². The van der Waals surface area contributed by atoms with Gasteiger partial charge in [-0.1, -0.05) is 23.2 Å². The van der Waals surface area contributed by atoms with Crippen LogP contribution in [0.4, 0.5) is 5.82 Å². The van der Waals surface area contributed by atoms with Gasteiger partial charge in [0, 0.05) is 35.9 Å². The number of primary amides is 1. The Bertz CT molecular complexity index is 1230. The lowest BCUT2D eigenvalue weighted by Crippen LogP contribution is -2.52. The molecule has 2 amide bonds. The molecule has 2 aliphatic heterocycles. The molecule has 1 aromatic carbocycles. The summed E-state index contributed by atoms with van der Waals surface area (Å²) in [7, 11) is 0. The average Bonchev–Trinajstić information content (AvgIpc) is 3.23. The Morgan fingerprint density at radius 1 is 1.19 bits per heavy atom. The Balaban J connectivity index is 1.36. The maximum Gasteiger partial charge on any atom is 0.268 e. The minimum Gasteiger partial charge on any atom is -0.365 e. The molecule has 1 unspecified atom stereocenters. The molecule has 2 N–H and O–H groups in total. The Hall–Kier alpha value is -2.88. The van der Waals surface area contributed by atoms with Gasteiger partial charge in [0.15, 0.2) is 11.8 Å². The van der Waals surface area contributed by atoms with Gasteiger partial charge in [-0.25, -0.2) is 4.98 Å². The first-order chi connectivity index (χ1) is 15.4. The van der Waals surface area contributed by atoms with Crippen molar-refractivity contribution in [3.63, 3.8) is 0 Å². The van der Waals surface area contributed by atoms with Gasteiger partial charge in [-0.15, -0.1) is 0 Å². The van der Waals surface area contributed by atoms with Crippen LogP contribution in [0.2, 0.25) is 10.0 Å². The highest BCUT2D eigenvalue weighted by molar-refractivity contribution is 6.35. The SMILES string of the molecule is NC(=O)c1cn2c(N3CCOC(C(=O)N4CCc5cc(Cl)cc(Cl)c5C4)C3)cncc2n1. The van der Waals surface area contributed by atoms with E-state index in [0.717, 1.165) is 11.1 Å². The van der Waals surface area contributed by atoms with Crippen LogP contribution in [0.5, 0.6) is 0 Å². The topological polar surface area (TPSA) is 106 Å². The van der Waals surface area contributed by atoms with E-state index in [1.54, 1.807) is 34.0 Å². The number of carbonyl (C=O) groups is 2. The zero-order valence-corrected chi connectivity index (χ0v) is 18.5. The van der Waals surface area contributed by atoms with Crippen molar-refractivity contribution >= 4 is 46.5 Å². The van der Waals surface area contributed by atoms with Crippen LogP contribution in [-0.2, 0) is 22.5 Å². The normalized spacial score (nSPS) is 18.6. The molecule has 1 atom stereocenters. The van der Waals surface area contributed by atoms with Crippen LogP contribution in [0.25, 0.3) is 5.65 Å². The molecule has 0 radical (unpaired) electrons. The van der Waals surface area contributed by atoms with Crippen LogP contribution in [0, 0.1) is 0 Å². The fourth-order valence-corrected chi connectivity index (χ4v) is 4.83. The summed E-state index contributed by atoms with van der Waals surface area (Å²) in [4.78, 5) is 37.0. The summed E-state index contributed by atoms with van der Waals surface area (Å²) in [6.07, 6.45) is 4.86. The van der Waals surface area contributed by atoms with Crippen LogP contribution in [0.1, 0.15) is 21.6 Å². The van der Waals surface area contributed by atoms with E-state index in [9.17, 15) is 9.59 Å². The van der Waals surface area contributed by atoms with Gasteiger partial charge in [-0.3, -0.25) is 19.0 Å². The Morgan fingerprint density at radius 3 is 2.84 bits per heavy atom. The lowest BCUT2D eigenvalue weighted by molar-refractivity contribution is -0.145. The first-order valence-electron chi connectivity index (χ1n) is 10.2. The largest absolute Gasteiger partial charge is 0.365 e. The van der Waals surface area contributed by atoms with Crippen molar-refractivity contribution in [1.82, 2.24) is 19.3 Å². The summed E-state index contributed by atoms with van der Waals surface area (Å²) in [6, 6.07) is 3.61. The van der Waals surface area contributed by atoms with Gasteiger partial charge in [0.25, 0.3) is 11.8 Å². The van der Waals surface area contributed by atoms with Gasteiger partial charge in [0.1, 0.15) is 11.5 Å². The first kappa shape index (κ1) is 21.0. The van der Waals surface area contributed by atoms with Crippen molar-refractivity contribution in [1.29, 1.82) is 0 Å². The van der Waals surface area contributed by atoms with Crippen molar-refractivity contribution in [2.24, 2.45) is 5.73 Å². The molecule has 0 aliphatic carbocycles. The molecular formula is C21H20Cl2N6O3. The van der Waals surface area contributed by atoms with Gasteiger partial charge >= 0.3 is 0 Å². The number of nitrogens with two attached hydrogens (primary N) is 1. The quantitative estimate of drug-likeness (QED) is 0.621. The van der Waals surface area contributed by atoms with Gasteiger partial charge in [0.05, 0.1) is 25.5 Å². The standard InChI is InChI=1S/C21H20Cl2N6O3/c22-13-5-12-1-2-28(9-14(12)15(23)6-13)21(31)17-11-27(3-4-32-17)19-8-25-7-18-26-16(20(24)30)10-29(18)19/h5-8,10,17H,1-4,9,11H2,(H2,24,30). The fourth-order valence-electron chi connectivity index (χ4n) is 4.24. The monoisotopic (exact) mass is 474 g/mol. The number of benzene rings is 1. The van der Waals surface area contributed by atoms with Crippen LogP contribution in [-0.4, -0.2) is 63.4 Å². The summed E-state index contributed by atoms with van der Waals surface area (Å²) >= 11 is 12.5. The molecule has 2 aromatic heterocycles. The second-order valence-electron chi connectivity index (χ2n) is 7.82. The highest BCUT2D eigenvalue weighted by Crippen LogP contribution is 2.30. The number of anilines is 1. The molecule has 32 heavy (non-hydrogen) atoms. The summed E-state index contributed by atoms with van der Waals surface area (Å²) in [6.45, 7) is 2.29. The Morgan fingerprint density at radius 2 is 2.03 bits per heavy atom. The minimum atomic E-state index is -0.634. The number of fused-ring (bicyclic) bond motifs is 2. The molecular weight excluding hydrogens is 455 g/mol. The van der Waals surface area contributed by atoms with Crippen molar-refractivity contribution in [3.8, 4) is 0 Å². The summed E-state index contributed by atoms with van der Waals surface area (Å²) < 4.78 is 7.58. The minimum absolute atomic E-state index is 0.0880. The molecule has 1 fully saturated rings. The van der Waals surface area contributed by atoms with E-state index >= 15 is 0 Å². The predicted molar refractivity (Wildman–Crippen MR) is 119 cm³/mol. The van der Waals surface area contributed by atoms with E-state index in [1.165, 1.54) is 0 Å². The zero-order chi connectivity index (χ0) is 22.4. The number of halogens is 2. The lowest BCUT2D eigenvalue weighted by Gasteiger charge is -2.37. The maximum absolute atomic E-state index is 13.3. The third-order valence-corrected chi connectivity index (χ3v) is 6.40. The number of carbonyl (C=O) groups excluding carboxylic acids is 2. The highest BCUT2D eigenvalue weighted by Gasteiger charge is 2.33. The molecule has 11 heteroatoms. The van der Waals surface area contributed by atoms with E-state index in [4.69, 9.17) is 33.7 Å². The second kappa shape index (κ2) is 8.23. The number of imidazole rings is 1. The molecule has 2 aliphatic rings. The zero-order valence-electron chi connectivity index (χ0n) is 17.0. The van der Waals surface area contributed by atoms with Crippen LogP contribution in [0.3, 0.4) is 0 Å². The number of morpholine rings is 1. The lowest BCUT2D eigenvalue weighted by atomic mass is 9.99. The number of aromatic nitrogens is 3. The Kier molecular flexibility index (Phi) is 5.40. The smallest absolute Gasteiger partial charge is 0.268 e. The van der Waals surface area contributed by atoms with Crippen molar-refractivity contribution in [2.75, 3.05) is 31.1 Å². The van der Waals surface area contributed by atoms with Crippen molar-refractivity contribution < 1.29 is 14.3 Å². The van der Waals surface area contributed by atoms with E-state index < -0.39 is 12.0 Å². The summed E-state index contributed by atoms with van der Waals surface area (Å²) in [5.74, 6) is 0.0141. The van der Waals surface area contributed by atoms with E-state index in [2.05, 4.69) is 9.97 Å². The van der Waals surface area contributed by atoms with Gasteiger partial charge in [0.2, 0.25) is 0 Å². The molecule has 3 aromatic rings. The number of nitrogens with zero attached hydrogens (tertiary/aromatic N) is 5. The molecule has 0 spiro atoms. The number of ether oxygens (including phenoxy) is 1. The summed E-state index contributed by atoms with van der Waals surface area (Å²) in [5, 5.41) is 1.17. The molecule has 9 nitrogen and oxygen atoms in total. The van der Waals surface area contributed by atoms with Crippen LogP contribution in [0.15, 0.2) is 30.7 Å². The van der Waals surface area contributed by atoms with Gasteiger partial charge < -0.3 is 20.3 Å². The number of amides is 2. The fraction of sp³-hybridized carbons (Fsp3) is 0.333. The van der Waals surface area contributed by atoms with Crippen molar-refractivity contribution in [2.45, 2.75) is 19.1 Å². The number of hydrogen-bond donors (Lipinski definition) is 1. The molecule has 5 rings (SSSR count). The molecule has 4 heterocycles. The number of hydrogen-bond acceptors (Lipinski definition) is 6. The molecule has 166 valence electrons. The van der Waals surface area contributed by atoms with Gasteiger partial charge in [-0.05, 0) is 29.7 Å².